The van der Waals surface area contributed by atoms with Crippen LogP contribution in [0.2, 0.25) is 5.02 Å². The summed E-state index contributed by atoms with van der Waals surface area (Å²) in [6, 6.07) is 7.79. The zero-order valence-corrected chi connectivity index (χ0v) is 8.38. The van der Waals surface area contributed by atoms with Crippen LogP contribution in [-0.4, -0.2) is 16.1 Å². The van der Waals surface area contributed by atoms with Gasteiger partial charge in [0.05, 0.1) is 0 Å². The first-order valence-electron chi connectivity index (χ1n) is 4.02. The number of benzene rings is 1. The largest absolute Gasteiger partial charge is 0.481 e. The molecule has 0 amide bonds. The summed E-state index contributed by atoms with van der Waals surface area (Å²) in [6.45, 7) is 1.08. The molecule has 1 aromatic carbocycles. The Bertz CT molecular complexity index is 432. The molecule has 74 valence electrons. The monoisotopic (exact) mass is 211 g/mol. The molecule has 0 bridgehead atoms. The van der Waals surface area contributed by atoms with Crippen molar-refractivity contribution in [3.8, 4) is 0 Å². The molecule has 0 aliphatic carbocycles. The van der Waals surface area contributed by atoms with Crippen LogP contribution in [0.25, 0.3) is 10.9 Å². The Labute approximate surface area is 86.3 Å². The van der Waals surface area contributed by atoms with Crippen LogP contribution >= 0.6 is 11.6 Å². The minimum atomic E-state index is -0.833. The smallest absolute Gasteiger partial charge is 0.300 e. The Balaban J connectivity index is 0.000000213. The molecule has 0 radical (unpaired) electrons. The standard InChI is InChI=1S/C8H6ClN.C2H4O2/c9-7-2-1-3-8-6(7)4-5-10-8;1-2(3)4/h1-5,10H;1H3,(H,3,4). The van der Waals surface area contributed by atoms with Crippen molar-refractivity contribution in [2.45, 2.75) is 6.92 Å². The van der Waals surface area contributed by atoms with E-state index in [9.17, 15) is 0 Å². The highest BCUT2D eigenvalue weighted by molar-refractivity contribution is 6.35. The van der Waals surface area contributed by atoms with Crippen molar-refractivity contribution in [1.29, 1.82) is 0 Å². The predicted octanol–water partition coefficient (Wildman–Crippen LogP) is 2.91. The lowest BCUT2D eigenvalue weighted by molar-refractivity contribution is -0.134. The van der Waals surface area contributed by atoms with E-state index in [1.165, 1.54) is 0 Å². The molecular formula is C10H10ClNO2. The molecule has 2 N–H and O–H groups in total. The minimum Gasteiger partial charge on any atom is -0.481 e. The minimum absolute atomic E-state index is 0.804. The summed E-state index contributed by atoms with van der Waals surface area (Å²) in [5.41, 5.74) is 1.09. The van der Waals surface area contributed by atoms with E-state index in [2.05, 4.69) is 4.98 Å². The molecule has 0 aliphatic heterocycles. The maximum absolute atomic E-state index is 9.00. The number of carboxylic acids is 1. The van der Waals surface area contributed by atoms with Crippen LogP contribution in [0.15, 0.2) is 30.5 Å². The molecule has 0 saturated carbocycles. The third-order valence-corrected chi connectivity index (χ3v) is 1.87. The normalized spacial score (nSPS) is 9.29. The molecule has 0 aliphatic rings. The van der Waals surface area contributed by atoms with E-state index < -0.39 is 5.97 Å². The predicted molar refractivity (Wildman–Crippen MR) is 56.6 cm³/mol. The van der Waals surface area contributed by atoms with Gasteiger partial charge >= 0.3 is 0 Å². The number of carbonyl (C=O) groups is 1. The molecule has 0 fully saturated rings. The molecule has 0 atom stereocenters. The SMILES string of the molecule is CC(=O)O.Clc1cccc2[nH]ccc12. The van der Waals surface area contributed by atoms with E-state index in [-0.39, 0.29) is 0 Å². The molecule has 1 aromatic heterocycles. The quantitative estimate of drug-likeness (QED) is 0.704. The number of nitrogens with one attached hydrogen (secondary N) is 1. The molecular weight excluding hydrogens is 202 g/mol. The summed E-state index contributed by atoms with van der Waals surface area (Å²) >= 11 is 5.88. The van der Waals surface area contributed by atoms with Crippen molar-refractivity contribution in [3.05, 3.63) is 35.5 Å². The van der Waals surface area contributed by atoms with Gasteiger partial charge in [0.25, 0.3) is 5.97 Å². The van der Waals surface area contributed by atoms with Crippen LogP contribution in [0.1, 0.15) is 6.92 Å². The fraction of sp³-hybridized carbons (Fsp3) is 0.100. The zero-order chi connectivity index (χ0) is 10.6. The molecule has 1 heterocycles. The molecule has 14 heavy (non-hydrogen) atoms. The number of H-pyrrole nitrogens is 1. The number of rotatable bonds is 0. The Kier molecular flexibility index (Phi) is 3.54. The first kappa shape index (κ1) is 10.6. The molecule has 4 heteroatoms. The third kappa shape index (κ3) is 2.78. The van der Waals surface area contributed by atoms with Gasteiger partial charge in [-0.05, 0) is 18.2 Å². The van der Waals surface area contributed by atoms with Gasteiger partial charge in [-0.3, -0.25) is 4.79 Å². The summed E-state index contributed by atoms with van der Waals surface area (Å²) in [5, 5.41) is 9.31. The fourth-order valence-corrected chi connectivity index (χ4v) is 1.28. The number of hydrogen-bond donors (Lipinski definition) is 2. The van der Waals surface area contributed by atoms with Gasteiger partial charge in [-0.15, -0.1) is 0 Å². The Morgan fingerprint density at radius 1 is 1.43 bits per heavy atom. The highest BCUT2D eigenvalue weighted by atomic mass is 35.5. The molecule has 0 spiro atoms. The Morgan fingerprint density at radius 2 is 2.07 bits per heavy atom. The number of aromatic nitrogens is 1. The van der Waals surface area contributed by atoms with Crippen molar-refractivity contribution in [3.63, 3.8) is 0 Å². The van der Waals surface area contributed by atoms with Gasteiger partial charge in [-0.1, -0.05) is 17.7 Å². The summed E-state index contributed by atoms with van der Waals surface area (Å²) in [6.07, 6.45) is 1.89. The van der Waals surface area contributed by atoms with Crippen molar-refractivity contribution in [1.82, 2.24) is 4.98 Å². The van der Waals surface area contributed by atoms with Gasteiger partial charge in [-0.25, -0.2) is 0 Å². The van der Waals surface area contributed by atoms with E-state index in [1.807, 2.05) is 30.5 Å². The second-order valence-corrected chi connectivity index (χ2v) is 3.10. The van der Waals surface area contributed by atoms with Gasteiger partial charge in [0, 0.05) is 29.0 Å². The van der Waals surface area contributed by atoms with Crippen LogP contribution in [0.3, 0.4) is 0 Å². The van der Waals surface area contributed by atoms with E-state index in [1.54, 1.807) is 0 Å². The third-order valence-electron chi connectivity index (χ3n) is 1.54. The van der Waals surface area contributed by atoms with Crippen molar-refractivity contribution >= 4 is 28.5 Å². The maximum Gasteiger partial charge on any atom is 0.300 e. The maximum atomic E-state index is 9.00. The average molecular weight is 212 g/mol. The van der Waals surface area contributed by atoms with Gasteiger partial charge in [0.2, 0.25) is 0 Å². The first-order chi connectivity index (χ1) is 6.61. The van der Waals surface area contributed by atoms with Gasteiger partial charge in [-0.2, -0.15) is 0 Å². The summed E-state index contributed by atoms with van der Waals surface area (Å²) in [5.74, 6) is -0.833. The number of hydrogen-bond acceptors (Lipinski definition) is 1. The second-order valence-electron chi connectivity index (χ2n) is 2.70. The van der Waals surface area contributed by atoms with Gasteiger partial charge in [0.1, 0.15) is 0 Å². The topological polar surface area (TPSA) is 53.1 Å². The highest BCUT2D eigenvalue weighted by Gasteiger charge is 1.95. The molecule has 2 aromatic rings. The number of fused-ring (bicyclic) bond motifs is 1. The van der Waals surface area contributed by atoms with Gasteiger partial charge < -0.3 is 10.1 Å². The van der Waals surface area contributed by atoms with E-state index >= 15 is 0 Å². The lowest BCUT2D eigenvalue weighted by Gasteiger charge is -1.89. The fourth-order valence-electron chi connectivity index (χ4n) is 1.05. The van der Waals surface area contributed by atoms with Crippen LogP contribution in [0.5, 0.6) is 0 Å². The molecule has 0 unspecified atom stereocenters. The second kappa shape index (κ2) is 4.67. The average Bonchev–Trinajstić information content (AvgIpc) is 2.52. The molecule has 0 saturated heterocycles. The lowest BCUT2D eigenvalue weighted by atomic mass is 10.2. The Hall–Kier alpha value is -1.48. The van der Waals surface area contributed by atoms with E-state index in [4.69, 9.17) is 21.5 Å². The molecule has 2 rings (SSSR count). The molecule has 3 nitrogen and oxygen atoms in total. The number of carboxylic acid groups (broad SMARTS) is 1. The lowest BCUT2D eigenvalue weighted by Crippen LogP contribution is -1.78. The van der Waals surface area contributed by atoms with E-state index in [0.717, 1.165) is 22.8 Å². The number of halogens is 1. The van der Waals surface area contributed by atoms with Gasteiger partial charge in [0.15, 0.2) is 0 Å². The van der Waals surface area contributed by atoms with Crippen LogP contribution < -0.4 is 0 Å². The van der Waals surface area contributed by atoms with E-state index in [0.29, 0.717) is 0 Å². The zero-order valence-electron chi connectivity index (χ0n) is 7.62. The van der Waals surface area contributed by atoms with Crippen LogP contribution in [0.4, 0.5) is 0 Å². The van der Waals surface area contributed by atoms with Crippen LogP contribution in [-0.2, 0) is 4.79 Å². The summed E-state index contributed by atoms with van der Waals surface area (Å²) in [4.78, 5) is 12.1. The van der Waals surface area contributed by atoms with Crippen molar-refractivity contribution in [2.24, 2.45) is 0 Å². The first-order valence-corrected chi connectivity index (χ1v) is 4.40. The summed E-state index contributed by atoms with van der Waals surface area (Å²) < 4.78 is 0. The Morgan fingerprint density at radius 3 is 2.64 bits per heavy atom. The number of aliphatic carboxylic acids is 1. The van der Waals surface area contributed by atoms with Crippen molar-refractivity contribution < 1.29 is 9.90 Å². The number of aromatic amines is 1. The van der Waals surface area contributed by atoms with Crippen LogP contribution in [0, 0.1) is 0 Å². The van der Waals surface area contributed by atoms with Crippen molar-refractivity contribution in [2.75, 3.05) is 0 Å². The summed E-state index contributed by atoms with van der Waals surface area (Å²) in [7, 11) is 0. The highest BCUT2D eigenvalue weighted by Crippen LogP contribution is 2.21.